The van der Waals surface area contributed by atoms with Gasteiger partial charge >= 0.3 is 0 Å². The SMILES string of the molecule is CCCNC(Cc1ccc(Br)cc1)c1cc(C)c(Cl)s1. The van der Waals surface area contributed by atoms with E-state index in [2.05, 4.69) is 65.4 Å². The van der Waals surface area contributed by atoms with Crippen LogP contribution in [0.15, 0.2) is 34.8 Å². The Morgan fingerprint density at radius 3 is 2.55 bits per heavy atom. The molecule has 0 amide bonds. The second-order valence-corrected chi connectivity index (χ2v) is 7.54. The van der Waals surface area contributed by atoms with Crippen LogP contribution in [0, 0.1) is 6.92 Å². The first-order chi connectivity index (χ1) is 9.60. The summed E-state index contributed by atoms with van der Waals surface area (Å²) >= 11 is 11.4. The molecule has 0 aliphatic carbocycles. The number of rotatable bonds is 6. The molecule has 0 radical (unpaired) electrons. The Labute approximate surface area is 138 Å². The summed E-state index contributed by atoms with van der Waals surface area (Å²) in [4.78, 5) is 1.32. The minimum atomic E-state index is 0.340. The van der Waals surface area contributed by atoms with Gasteiger partial charge in [0, 0.05) is 15.4 Å². The Hall–Kier alpha value is -0.350. The summed E-state index contributed by atoms with van der Waals surface area (Å²) in [6.45, 7) is 5.28. The fourth-order valence-electron chi connectivity index (χ4n) is 2.10. The average molecular weight is 373 g/mol. The van der Waals surface area contributed by atoms with Crippen molar-refractivity contribution in [2.75, 3.05) is 6.54 Å². The number of halogens is 2. The molecule has 108 valence electrons. The molecule has 1 N–H and O–H groups in total. The summed E-state index contributed by atoms with van der Waals surface area (Å²) in [5, 5.41) is 3.63. The smallest absolute Gasteiger partial charge is 0.0960 e. The molecule has 0 aliphatic rings. The third kappa shape index (κ3) is 4.32. The molecule has 0 fully saturated rings. The molecule has 1 atom stereocenters. The van der Waals surface area contributed by atoms with Crippen LogP contribution in [0.25, 0.3) is 0 Å². The molecule has 1 unspecified atom stereocenters. The number of thiophene rings is 1. The zero-order valence-electron chi connectivity index (χ0n) is 11.7. The summed E-state index contributed by atoms with van der Waals surface area (Å²) in [5.41, 5.74) is 2.51. The van der Waals surface area contributed by atoms with Gasteiger partial charge in [-0.25, -0.2) is 0 Å². The highest BCUT2D eigenvalue weighted by Crippen LogP contribution is 2.32. The lowest BCUT2D eigenvalue weighted by Crippen LogP contribution is -2.23. The number of benzene rings is 1. The van der Waals surface area contributed by atoms with Crippen molar-refractivity contribution in [3.63, 3.8) is 0 Å². The van der Waals surface area contributed by atoms with Crippen LogP contribution in [-0.2, 0) is 6.42 Å². The zero-order valence-corrected chi connectivity index (χ0v) is 14.9. The van der Waals surface area contributed by atoms with Crippen LogP contribution in [0.4, 0.5) is 0 Å². The summed E-state index contributed by atoms with van der Waals surface area (Å²) in [6, 6.07) is 11.1. The Bertz CT molecular complexity index is 531. The minimum Gasteiger partial charge on any atom is -0.309 e. The molecule has 0 saturated heterocycles. The molecule has 20 heavy (non-hydrogen) atoms. The summed E-state index contributed by atoms with van der Waals surface area (Å²) < 4.78 is 2.02. The van der Waals surface area contributed by atoms with Gasteiger partial charge < -0.3 is 5.32 Å². The van der Waals surface area contributed by atoms with Gasteiger partial charge in [-0.15, -0.1) is 11.3 Å². The maximum atomic E-state index is 6.22. The largest absolute Gasteiger partial charge is 0.309 e. The van der Waals surface area contributed by atoms with Crippen molar-refractivity contribution < 1.29 is 0 Å². The van der Waals surface area contributed by atoms with Crippen molar-refractivity contribution in [3.8, 4) is 0 Å². The van der Waals surface area contributed by atoms with Gasteiger partial charge in [0.2, 0.25) is 0 Å². The van der Waals surface area contributed by atoms with E-state index in [1.807, 2.05) is 0 Å². The molecule has 0 spiro atoms. The van der Waals surface area contributed by atoms with E-state index < -0.39 is 0 Å². The molecule has 2 rings (SSSR count). The topological polar surface area (TPSA) is 12.0 Å². The van der Waals surface area contributed by atoms with Crippen molar-refractivity contribution in [3.05, 3.63) is 55.1 Å². The fourth-order valence-corrected chi connectivity index (χ4v) is 3.66. The molecule has 1 heterocycles. The lowest BCUT2D eigenvalue weighted by atomic mass is 10.0. The molecule has 1 aromatic carbocycles. The third-order valence-electron chi connectivity index (χ3n) is 3.21. The molecule has 4 heteroatoms. The highest BCUT2D eigenvalue weighted by atomic mass is 79.9. The highest BCUT2D eigenvalue weighted by molar-refractivity contribution is 9.10. The molecular weight excluding hydrogens is 354 g/mol. The molecule has 0 aliphatic heterocycles. The average Bonchev–Trinajstić information content (AvgIpc) is 2.77. The van der Waals surface area contributed by atoms with Crippen LogP contribution < -0.4 is 5.32 Å². The van der Waals surface area contributed by atoms with Crippen LogP contribution in [-0.4, -0.2) is 6.54 Å². The van der Waals surface area contributed by atoms with Crippen molar-refractivity contribution in [1.29, 1.82) is 0 Å². The van der Waals surface area contributed by atoms with Crippen molar-refractivity contribution in [2.24, 2.45) is 0 Å². The molecule has 2 aromatic rings. The van der Waals surface area contributed by atoms with Gasteiger partial charge in [0.25, 0.3) is 0 Å². The van der Waals surface area contributed by atoms with Gasteiger partial charge in [0.05, 0.1) is 4.34 Å². The van der Waals surface area contributed by atoms with E-state index in [0.717, 1.165) is 28.2 Å². The molecular formula is C16H19BrClNS. The Kier molecular flexibility index (Phi) is 6.09. The Balaban J connectivity index is 2.16. The summed E-state index contributed by atoms with van der Waals surface area (Å²) in [6.07, 6.45) is 2.12. The van der Waals surface area contributed by atoms with Crippen molar-refractivity contribution in [2.45, 2.75) is 32.7 Å². The lowest BCUT2D eigenvalue weighted by molar-refractivity contribution is 0.536. The minimum absolute atomic E-state index is 0.340. The first-order valence-corrected chi connectivity index (χ1v) is 8.82. The van der Waals surface area contributed by atoms with E-state index >= 15 is 0 Å². The lowest BCUT2D eigenvalue weighted by Gasteiger charge is -2.17. The van der Waals surface area contributed by atoms with E-state index in [9.17, 15) is 0 Å². The first-order valence-electron chi connectivity index (χ1n) is 6.83. The van der Waals surface area contributed by atoms with Crippen LogP contribution in [0.2, 0.25) is 4.34 Å². The predicted molar refractivity (Wildman–Crippen MR) is 92.9 cm³/mol. The monoisotopic (exact) mass is 371 g/mol. The highest BCUT2D eigenvalue weighted by Gasteiger charge is 2.15. The molecule has 1 aromatic heterocycles. The number of hydrogen-bond donors (Lipinski definition) is 1. The number of hydrogen-bond acceptors (Lipinski definition) is 2. The van der Waals surface area contributed by atoms with Crippen LogP contribution in [0.5, 0.6) is 0 Å². The van der Waals surface area contributed by atoms with E-state index in [-0.39, 0.29) is 0 Å². The third-order valence-corrected chi connectivity index (χ3v) is 5.41. The zero-order chi connectivity index (χ0) is 14.5. The molecule has 0 bridgehead atoms. The van der Waals surface area contributed by atoms with Crippen molar-refractivity contribution >= 4 is 38.9 Å². The van der Waals surface area contributed by atoms with Crippen LogP contribution in [0.3, 0.4) is 0 Å². The van der Waals surface area contributed by atoms with E-state index in [1.165, 1.54) is 16.0 Å². The van der Waals surface area contributed by atoms with Crippen molar-refractivity contribution in [1.82, 2.24) is 5.32 Å². The second-order valence-electron chi connectivity index (χ2n) is 4.94. The van der Waals surface area contributed by atoms with Crippen LogP contribution >= 0.6 is 38.9 Å². The molecule has 0 saturated carbocycles. The predicted octanol–water partition coefficient (Wildman–Crippen LogP) is 5.76. The van der Waals surface area contributed by atoms with E-state index in [1.54, 1.807) is 11.3 Å². The van der Waals surface area contributed by atoms with Gasteiger partial charge in [-0.2, -0.15) is 0 Å². The van der Waals surface area contributed by atoms with E-state index in [0.29, 0.717) is 6.04 Å². The van der Waals surface area contributed by atoms with Gasteiger partial charge in [-0.05, 0) is 55.6 Å². The number of aryl methyl sites for hydroxylation is 1. The maximum absolute atomic E-state index is 6.22. The number of nitrogens with one attached hydrogen (secondary N) is 1. The standard InChI is InChI=1S/C16H19BrClNS/c1-3-8-19-14(15-9-11(2)16(18)20-15)10-12-4-6-13(17)7-5-12/h4-7,9,14,19H,3,8,10H2,1-2H3. The van der Waals surface area contributed by atoms with Crippen LogP contribution in [0.1, 0.15) is 35.4 Å². The Morgan fingerprint density at radius 2 is 2.00 bits per heavy atom. The van der Waals surface area contributed by atoms with E-state index in [4.69, 9.17) is 11.6 Å². The first kappa shape index (κ1) is 16.0. The quantitative estimate of drug-likeness (QED) is 0.680. The summed E-state index contributed by atoms with van der Waals surface area (Å²) in [7, 11) is 0. The Morgan fingerprint density at radius 1 is 1.30 bits per heavy atom. The van der Waals surface area contributed by atoms with Gasteiger partial charge in [0.1, 0.15) is 0 Å². The van der Waals surface area contributed by atoms with Gasteiger partial charge in [0.15, 0.2) is 0 Å². The normalized spacial score (nSPS) is 12.6. The summed E-state index contributed by atoms with van der Waals surface area (Å²) in [5.74, 6) is 0. The second kappa shape index (κ2) is 7.60. The maximum Gasteiger partial charge on any atom is 0.0960 e. The fraction of sp³-hybridized carbons (Fsp3) is 0.375. The molecule has 1 nitrogen and oxygen atoms in total. The van der Waals surface area contributed by atoms with Gasteiger partial charge in [-0.1, -0.05) is 46.6 Å². The van der Waals surface area contributed by atoms with Gasteiger partial charge in [-0.3, -0.25) is 0 Å².